The van der Waals surface area contributed by atoms with Crippen molar-refractivity contribution in [1.82, 2.24) is 0 Å². The van der Waals surface area contributed by atoms with Gasteiger partial charge in [0.2, 0.25) is 0 Å². The maximum absolute atomic E-state index is 11.1. The van der Waals surface area contributed by atoms with Crippen molar-refractivity contribution in [2.75, 3.05) is 0 Å². The van der Waals surface area contributed by atoms with Crippen molar-refractivity contribution in [3.63, 3.8) is 0 Å². The molecule has 4 nitrogen and oxygen atoms in total. The Labute approximate surface area is 120 Å². The van der Waals surface area contributed by atoms with Crippen LogP contribution in [0.2, 0.25) is 0 Å². The van der Waals surface area contributed by atoms with Crippen molar-refractivity contribution in [2.24, 2.45) is 10.8 Å². The molecule has 0 atom stereocenters. The molecule has 0 saturated carbocycles. The first kappa shape index (κ1) is 17.6. The first-order valence-electron chi connectivity index (χ1n) is 4.67. The summed E-state index contributed by atoms with van der Waals surface area (Å²) < 4.78 is 0. The van der Waals surface area contributed by atoms with Crippen LogP contribution in [-0.4, -0.2) is 59.9 Å². The van der Waals surface area contributed by atoms with E-state index in [2.05, 4.69) is 0 Å². The van der Waals surface area contributed by atoms with Gasteiger partial charge in [0.15, 0.2) is 5.41 Å². The van der Waals surface area contributed by atoms with Gasteiger partial charge < -0.3 is 10.2 Å². The summed E-state index contributed by atoms with van der Waals surface area (Å²) in [5.41, 5.74) is -2.47. The second kappa shape index (κ2) is 6.06. The molecule has 5 heteroatoms. The van der Waals surface area contributed by atoms with Crippen molar-refractivity contribution in [3.8, 4) is 0 Å². The molecule has 0 aromatic carbocycles. The third kappa shape index (κ3) is 3.33. The predicted octanol–water partition coefficient (Wildman–Crippen LogP) is 1.07. The Kier molecular flexibility index (Phi) is 7.11. The molecule has 0 saturated heterocycles. The van der Waals surface area contributed by atoms with E-state index in [1.807, 2.05) is 0 Å². The van der Waals surface area contributed by atoms with Gasteiger partial charge in [0, 0.05) is 0 Å². The van der Waals surface area contributed by atoms with Gasteiger partial charge in [-0.05, 0) is 11.8 Å². The van der Waals surface area contributed by atoms with E-state index in [-0.39, 0.29) is 44.2 Å². The molecule has 0 aliphatic rings. The monoisotopic (exact) mass is 244 g/mol. The van der Waals surface area contributed by atoms with Crippen LogP contribution in [0.1, 0.15) is 40.5 Å². The van der Waals surface area contributed by atoms with Crippen LogP contribution in [-0.2, 0) is 9.59 Å². The van der Waals surface area contributed by atoms with E-state index >= 15 is 0 Å². The molecule has 0 rings (SSSR count). The van der Waals surface area contributed by atoms with Crippen molar-refractivity contribution < 1.29 is 19.8 Å². The second-order valence-electron chi connectivity index (χ2n) is 4.52. The van der Waals surface area contributed by atoms with Gasteiger partial charge in [0.25, 0.3) is 0 Å². The molecule has 0 aromatic heterocycles. The summed E-state index contributed by atoms with van der Waals surface area (Å²) in [4.78, 5) is 22.2. The molecule has 0 radical (unpaired) electrons. The van der Waals surface area contributed by atoms with Gasteiger partial charge >= 0.3 is 49.7 Å². The Bertz CT molecular complexity index is 228. The number of carboxylic acid groups (broad SMARTS) is 2. The molecule has 2 N–H and O–H groups in total. The molecule has 0 heterocycles. The Morgan fingerprint density at radius 3 is 1.47 bits per heavy atom. The second-order valence-corrected chi connectivity index (χ2v) is 4.52. The van der Waals surface area contributed by atoms with Gasteiger partial charge in [0.05, 0.1) is 0 Å². The molecule has 0 aliphatic heterocycles. The zero-order chi connectivity index (χ0) is 11.6. The van der Waals surface area contributed by atoms with Crippen molar-refractivity contribution >= 4 is 49.7 Å². The SMILES string of the molecule is CCCC(C(=O)O)(C(=O)O)C(C)(C)C.[CaH2]. The Morgan fingerprint density at radius 2 is 1.40 bits per heavy atom. The first-order chi connectivity index (χ1) is 6.20. The van der Waals surface area contributed by atoms with Crippen LogP contribution >= 0.6 is 0 Å². The molecule has 0 fully saturated rings. The molecule has 0 aliphatic carbocycles. The summed E-state index contributed by atoms with van der Waals surface area (Å²) >= 11 is 0. The summed E-state index contributed by atoms with van der Waals surface area (Å²) in [5.74, 6) is -2.50. The van der Waals surface area contributed by atoms with Crippen LogP contribution in [0.4, 0.5) is 0 Å². The zero-order valence-corrected chi connectivity index (χ0v) is 9.13. The topological polar surface area (TPSA) is 74.6 Å². The molecule has 0 aromatic rings. The van der Waals surface area contributed by atoms with Crippen molar-refractivity contribution in [2.45, 2.75) is 40.5 Å². The summed E-state index contributed by atoms with van der Waals surface area (Å²) in [6, 6.07) is 0. The number of carboxylic acids is 2. The van der Waals surface area contributed by atoms with Crippen LogP contribution in [0.5, 0.6) is 0 Å². The van der Waals surface area contributed by atoms with Gasteiger partial charge in [0.1, 0.15) is 0 Å². The molecular weight excluding hydrogens is 224 g/mol. The molecule has 0 unspecified atom stereocenters. The first-order valence-corrected chi connectivity index (χ1v) is 4.67. The van der Waals surface area contributed by atoms with Crippen LogP contribution in [0.3, 0.4) is 0 Å². The summed E-state index contributed by atoms with van der Waals surface area (Å²) in [6.07, 6.45) is 0.692. The molecule has 0 spiro atoms. The summed E-state index contributed by atoms with van der Waals surface area (Å²) in [6.45, 7) is 6.72. The number of rotatable bonds is 4. The van der Waals surface area contributed by atoms with Crippen LogP contribution in [0.25, 0.3) is 0 Å². The standard InChI is InChI=1S/C10H18O4.Ca.2H/c1-5-6-10(7(11)12,8(13)14)9(2,3)4;;;/h5-6H2,1-4H3,(H,11,12)(H,13,14);;;. The number of aliphatic carboxylic acids is 2. The normalized spacial score (nSPS) is 11.7. The fraction of sp³-hybridized carbons (Fsp3) is 0.800. The molecule has 86 valence electrons. The number of hydrogen-bond donors (Lipinski definition) is 2. The van der Waals surface area contributed by atoms with E-state index < -0.39 is 22.8 Å². The third-order valence-corrected chi connectivity index (χ3v) is 2.64. The quantitative estimate of drug-likeness (QED) is 0.573. The van der Waals surface area contributed by atoms with E-state index in [1.165, 1.54) is 0 Å². The van der Waals surface area contributed by atoms with E-state index in [4.69, 9.17) is 10.2 Å². The van der Waals surface area contributed by atoms with E-state index in [0.29, 0.717) is 6.42 Å². The average molecular weight is 244 g/mol. The minimum absolute atomic E-state index is 0. The minimum atomic E-state index is -1.68. The number of hydrogen-bond acceptors (Lipinski definition) is 2. The fourth-order valence-electron chi connectivity index (χ4n) is 1.70. The Balaban J connectivity index is 0. The van der Waals surface area contributed by atoms with Gasteiger partial charge in [-0.3, -0.25) is 9.59 Å². The van der Waals surface area contributed by atoms with Crippen molar-refractivity contribution in [1.29, 1.82) is 0 Å². The van der Waals surface area contributed by atoms with Gasteiger partial charge in [-0.1, -0.05) is 34.1 Å². The molecule has 0 bridgehead atoms. The van der Waals surface area contributed by atoms with Crippen LogP contribution in [0.15, 0.2) is 0 Å². The zero-order valence-electron chi connectivity index (χ0n) is 9.13. The van der Waals surface area contributed by atoms with E-state index in [1.54, 1.807) is 27.7 Å². The van der Waals surface area contributed by atoms with Crippen LogP contribution < -0.4 is 0 Å². The van der Waals surface area contributed by atoms with E-state index in [0.717, 1.165) is 0 Å². The Morgan fingerprint density at radius 1 is 1.07 bits per heavy atom. The average Bonchev–Trinajstić information content (AvgIpc) is 1.95. The Hall–Kier alpha value is 0.200. The van der Waals surface area contributed by atoms with Crippen molar-refractivity contribution in [3.05, 3.63) is 0 Å². The molecule has 15 heavy (non-hydrogen) atoms. The van der Waals surface area contributed by atoms with Gasteiger partial charge in [-0.15, -0.1) is 0 Å². The summed E-state index contributed by atoms with van der Waals surface area (Å²) in [5, 5.41) is 18.2. The van der Waals surface area contributed by atoms with Gasteiger partial charge in [-0.25, -0.2) is 0 Å². The van der Waals surface area contributed by atoms with Crippen LogP contribution in [0, 0.1) is 10.8 Å². The van der Waals surface area contributed by atoms with Gasteiger partial charge in [-0.2, -0.15) is 0 Å². The molecular formula is C10H20CaO4. The fourth-order valence-corrected chi connectivity index (χ4v) is 1.70. The number of carbonyl (C=O) groups is 2. The molecule has 0 amide bonds. The predicted molar refractivity (Wildman–Crippen MR) is 60.6 cm³/mol. The maximum atomic E-state index is 11.1. The van der Waals surface area contributed by atoms with E-state index in [9.17, 15) is 9.59 Å². The third-order valence-electron chi connectivity index (χ3n) is 2.64. The summed E-state index contributed by atoms with van der Waals surface area (Å²) in [7, 11) is 0.